The van der Waals surface area contributed by atoms with E-state index < -0.39 is 0 Å². The van der Waals surface area contributed by atoms with Gasteiger partial charge in [-0.15, -0.1) is 0 Å². The first-order chi connectivity index (χ1) is 10.9. The van der Waals surface area contributed by atoms with Crippen LogP contribution in [0.4, 0.5) is 5.82 Å². The maximum atomic E-state index is 4.77. The zero-order valence-corrected chi connectivity index (χ0v) is 15.3. The van der Waals surface area contributed by atoms with Crippen molar-refractivity contribution in [3.63, 3.8) is 0 Å². The van der Waals surface area contributed by atoms with Gasteiger partial charge < -0.3 is 4.90 Å². The summed E-state index contributed by atoms with van der Waals surface area (Å²) in [4.78, 5) is 11.6. The molecule has 0 saturated heterocycles. The van der Waals surface area contributed by atoms with Crippen molar-refractivity contribution in [3.05, 3.63) is 53.0 Å². The first-order valence-electron chi connectivity index (χ1n) is 8.52. The van der Waals surface area contributed by atoms with E-state index in [-0.39, 0.29) is 0 Å². The van der Waals surface area contributed by atoms with Gasteiger partial charge in [-0.3, -0.25) is 4.98 Å². The van der Waals surface area contributed by atoms with Crippen molar-refractivity contribution < 1.29 is 0 Å². The molecule has 0 aromatic carbocycles. The molecule has 0 fully saturated rings. The van der Waals surface area contributed by atoms with Crippen LogP contribution in [0.1, 0.15) is 62.0 Å². The lowest BCUT2D eigenvalue weighted by Gasteiger charge is -2.23. The minimum atomic E-state index is 0.476. The van der Waals surface area contributed by atoms with Gasteiger partial charge in [0.1, 0.15) is 5.82 Å². The Morgan fingerprint density at radius 3 is 2.35 bits per heavy atom. The maximum absolute atomic E-state index is 4.77. The van der Waals surface area contributed by atoms with Crippen LogP contribution in [0.15, 0.2) is 30.5 Å². The number of aromatic nitrogens is 2. The Kier molecular flexibility index (Phi) is 5.75. The molecule has 23 heavy (non-hydrogen) atoms. The second kappa shape index (κ2) is 7.58. The van der Waals surface area contributed by atoms with E-state index in [0.29, 0.717) is 11.8 Å². The normalized spacial score (nSPS) is 11.3. The number of nitrogens with zero attached hydrogens (tertiary/aromatic N) is 3. The molecule has 3 nitrogen and oxygen atoms in total. The molecule has 0 amide bonds. The molecule has 0 atom stereocenters. The Morgan fingerprint density at radius 2 is 1.70 bits per heavy atom. The third-order valence-corrected chi connectivity index (χ3v) is 4.26. The molecular formula is C20H29N3. The molecule has 0 aliphatic heterocycles. The predicted octanol–water partition coefficient (Wildman–Crippen LogP) is 4.71. The summed E-state index contributed by atoms with van der Waals surface area (Å²) in [7, 11) is 2.12. The van der Waals surface area contributed by atoms with Crippen LogP contribution in [-0.2, 0) is 6.42 Å². The van der Waals surface area contributed by atoms with Crippen molar-refractivity contribution in [3.8, 4) is 0 Å². The van der Waals surface area contributed by atoms with E-state index in [1.54, 1.807) is 0 Å². The maximum Gasteiger partial charge on any atom is 0.131 e. The molecule has 3 heteroatoms. The fourth-order valence-electron chi connectivity index (χ4n) is 2.91. The summed E-state index contributed by atoms with van der Waals surface area (Å²) in [6.07, 6.45) is 2.82. The molecular weight excluding hydrogens is 282 g/mol. The quantitative estimate of drug-likeness (QED) is 0.773. The van der Waals surface area contributed by atoms with Gasteiger partial charge in [-0.1, -0.05) is 39.8 Å². The van der Waals surface area contributed by atoms with Crippen LogP contribution in [0, 0.1) is 6.92 Å². The smallest absolute Gasteiger partial charge is 0.131 e. The molecule has 0 bridgehead atoms. The molecule has 2 rings (SSSR count). The van der Waals surface area contributed by atoms with Gasteiger partial charge >= 0.3 is 0 Å². The molecule has 2 heterocycles. The van der Waals surface area contributed by atoms with E-state index >= 15 is 0 Å². The third kappa shape index (κ3) is 4.31. The van der Waals surface area contributed by atoms with Gasteiger partial charge in [0.05, 0.1) is 0 Å². The van der Waals surface area contributed by atoms with Crippen LogP contribution < -0.4 is 4.90 Å². The summed E-state index contributed by atoms with van der Waals surface area (Å²) < 4.78 is 0. The summed E-state index contributed by atoms with van der Waals surface area (Å²) in [5.41, 5.74) is 4.96. The molecule has 0 radical (unpaired) electrons. The van der Waals surface area contributed by atoms with Gasteiger partial charge in [0, 0.05) is 37.6 Å². The van der Waals surface area contributed by atoms with E-state index in [0.717, 1.165) is 24.5 Å². The molecule has 2 aromatic heterocycles. The monoisotopic (exact) mass is 311 g/mol. The topological polar surface area (TPSA) is 29.0 Å². The zero-order chi connectivity index (χ0) is 17.0. The van der Waals surface area contributed by atoms with Gasteiger partial charge in [0.2, 0.25) is 0 Å². The molecule has 0 aliphatic rings. The number of aryl methyl sites for hydroxylation is 1. The zero-order valence-electron chi connectivity index (χ0n) is 15.3. The van der Waals surface area contributed by atoms with Gasteiger partial charge in [-0.2, -0.15) is 0 Å². The predicted molar refractivity (Wildman–Crippen MR) is 98.4 cm³/mol. The average Bonchev–Trinajstić information content (AvgIpc) is 2.52. The number of likely N-dealkylation sites (N-methyl/N-ethyl adjacent to an activating group) is 1. The Balaban J connectivity index is 2.17. The van der Waals surface area contributed by atoms with Crippen LogP contribution in [0.25, 0.3) is 0 Å². The number of pyridine rings is 2. The van der Waals surface area contributed by atoms with Crippen LogP contribution >= 0.6 is 0 Å². The molecule has 2 aromatic rings. The molecule has 0 spiro atoms. The summed E-state index contributed by atoms with van der Waals surface area (Å²) in [6.45, 7) is 11.9. The summed E-state index contributed by atoms with van der Waals surface area (Å²) >= 11 is 0. The highest BCUT2D eigenvalue weighted by Crippen LogP contribution is 2.25. The van der Waals surface area contributed by atoms with Crippen molar-refractivity contribution in [1.29, 1.82) is 0 Å². The molecule has 0 N–H and O–H groups in total. The fraction of sp³-hybridized carbons (Fsp3) is 0.500. The van der Waals surface area contributed by atoms with Crippen molar-refractivity contribution >= 4 is 5.82 Å². The summed E-state index contributed by atoms with van der Waals surface area (Å²) in [5.74, 6) is 2.07. The van der Waals surface area contributed by atoms with E-state index in [2.05, 4.69) is 69.7 Å². The number of rotatable bonds is 6. The summed E-state index contributed by atoms with van der Waals surface area (Å²) in [5, 5.41) is 0. The lowest BCUT2D eigenvalue weighted by atomic mass is 9.99. The first-order valence-corrected chi connectivity index (χ1v) is 8.52. The summed E-state index contributed by atoms with van der Waals surface area (Å²) in [6, 6.07) is 8.53. The van der Waals surface area contributed by atoms with Crippen molar-refractivity contribution in [1.82, 2.24) is 9.97 Å². The molecule has 0 saturated carbocycles. The second-order valence-electron chi connectivity index (χ2n) is 6.89. The highest BCUT2D eigenvalue weighted by atomic mass is 15.2. The first kappa shape index (κ1) is 17.5. The van der Waals surface area contributed by atoms with E-state index in [1.807, 2.05) is 12.3 Å². The fourth-order valence-corrected chi connectivity index (χ4v) is 2.91. The van der Waals surface area contributed by atoms with Crippen LogP contribution in [0.3, 0.4) is 0 Å². The Hall–Kier alpha value is -1.90. The average molecular weight is 311 g/mol. The molecule has 0 aliphatic carbocycles. The van der Waals surface area contributed by atoms with Gasteiger partial charge in [-0.25, -0.2) is 4.98 Å². The SMILES string of the molecule is Cc1ccc(C(C)C)c(CCN(C)c2ncccc2C(C)C)n1. The van der Waals surface area contributed by atoms with Crippen molar-refractivity contribution in [2.75, 3.05) is 18.5 Å². The van der Waals surface area contributed by atoms with Crippen molar-refractivity contribution in [2.24, 2.45) is 0 Å². The van der Waals surface area contributed by atoms with Gasteiger partial charge in [-0.05, 0) is 42.0 Å². The Labute approximate surface area is 140 Å². The van der Waals surface area contributed by atoms with E-state index in [4.69, 9.17) is 4.98 Å². The standard InChI is InChI=1S/C20H29N3/c1-14(2)17-10-9-16(5)22-19(17)11-13-23(6)20-18(15(3)4)8-7-12-21-20/h7-10,12,14-15H,11,13H2,1-6H3. The highest BCUT2D eigenvalue weighted by Gasteiger charge is 2.13. The van der Waals surface area contributed by atoms with Crippen LogP contribution in [0.5, 0.6) is 0 Å². The molecule has 124 valence electrons. The minimum absolute atomic E-state index is 0.476. The number of hydrogen-bond donors (Lipinski definition) is 0. The van der Waals surface area contributed by atoms with E-state index in [9.17, 15) is 0 Å². The van der Waals surface area contributed by atoms with Gasteiger partial charge in [0.15, 0.2) is 0 Å². The van der Waals surface area contributed by atoms with Crippen molar-refractivity contribution in [2.45, 2.75) is 52.9 Å². The highest BCUT2D eigenvalue weighted by molar-refractivity contribution is 5.47. The number of hydrogen-bond acceptors (Lipinski definition) is 3. The minimum Gasteiger partial charge on any atom is -0.359 e. The van der Waals surface area contributed by atoms with E-state index in [1.165, 1.54) is 16.8 Å². The van der Waals surface area contributed by atoms with Crippen LogP contribution in [-0.4, -0.2) is 23.6 Å². The Morgan fingerprint density at radius 1 is 1.00 bits per heavy atom. The number of anilines is 1. The van der Waals surface area contributed by atoms with Gasteiger partial charge in [0.25, 0.3) is 0 Å². The Bertz CT molecular complexity index is 647. The third-order valence-electron chi connectivity index (χ3n) is 4.26. The van der Waals surface area contributed by atoms with Crippen LogP contribution in [0.2, 0.25) is 0 Å². The molecule has 0 unspecified atom stereocenters. The lowest BCUT2D eigenvalue weighted by molar-refractivity contribution is 0.770. The lowest BCUT2D eigenvalue weighted by Crippen LogP contribution is -2.24. The second-order valence-corrected chi connectivity index (χ2v) is 6.89. The largest absolute Gasteiger partial charge is 0.359 e.